The third kappa shape index (κ3) is 4.24. The molecule has 0 radical (unpaired) electrons. The summed E-state index contributed by atoms with van der Waals surface area (Å²) in [6, 6.07) is 26.5. The number of para-hydroxylation sites is 1. The summed E-state index contributed by atoms with van der Waals surface area (Å²) in [7, 11) is 0. The molecule has 0 saturated carbocycles. The van der Waals surface area contributed by atoms with E-state index in [4.69, 9.17) is 0 Å². The fraction of sp³-hybridized carbons (Fsp3) is 0.185. The molecule has 1 amide bonds. The Morgan fingerprint density at radius 1 is 0.788 bits per heavy atom. The molecule has 5 nitrogen and oxygen atoms in total. The van der Waals surface area contributed by atoms with Crippen LogP contribution in [0.3, 0.4) is 0 Å². The smallest absolute Gasteiger partial charge is 0.234 e. The molecule has 0 atom stereocenters. The van der Waals surface area contributed by atoms with Crippen molar-refractivity contribution in [3.05, 3.63) is 114 Å². The predicted octanol–water partition coefficient (Wildman–Crippen LogP) is 4.49. The Kier molecular flexibility index (Phi) is 5.89. The van der Waals surface area contributed by atoms with E-state index in [1.54, 1.807) is 29.1 Å². The van der Waals surface area contributed by atoms with Crippen LogP contribution in [0.4, 0.5) is 10.3 Å². The summed E-state index contributed by atoms with van der Waals surface area (Å²) in [5.41, 5.74) is 2.45. The van der Waals surface area contributed by atoms with Gasteiger partial charge in [-0.3, -0.25) is 9.36 Å². The maximum absolute atomic E-state index is 14.4. The van der Waals surface area contributed by atoms with Gasteiger partial charge in [0.25, 0.3) is 0 Å². The maximum Gasteiger partial charge on any atom is 0.234 e. The van der Waals surface area contributed by atoms with Gasteiger partial charge in [-0.15, -0.1) is 0 Å². The van der Waals surface area contributed by atoms with Crippen molar-refractivity contribution in [2.24, 2.45) is 0 Å². The van der Waals surface area contributed by atoms with Gasteiger partial charge >= 0.3 is 0 Å². The van der Waals surface area contributed by atoms with Gasteiger partial charge in [0.1, 0.15) is 5.82 Å². The Morgan fingerprint density at radius 2 is 1.36 bits per heavy atom. The Hall–Kier alpha value is -3.93. The van der Waals surface area contributed by atoms with Gasteiger partial charge in [-0.25, -0.2) is 9.37 Å². The number of hydrogen-bond donors (Lipinski definition) is 0. The number of anilines is 1. The fourth-order valence-electron chi connectivity index (χ4n) is 4.44. The zero-order valence-corrected chi connectivity index (χ0v) is 18.2. The highest BCUT2D eigenvalue weighted by Crippen LogP contribution is 2.28. The van der Waals surface area contributed by atoms with Crippen molar-refractivity contribution in [1.82, 2.24) is 14.5 Å². The van der Waals surface area contributed by atoms with E-state index in [9.17, 15) is 9.18 Å². The van der Waals surface area contributed by atoms with Crippen molar-refractivity contribution in [1.29, 1.82) is 0 Å². The van der Waals surface area contributed by atoms with Gasteiger partial charge in [0.2, 0.25) is 11.9 Å². The highest BCUT2D eigenvalue weighted by atomic mass is 19.1. The first-order chi connectivity index (χ1) is 16.2. The number of imidazole rings is 1. The minimum Gasteiger partial charge on any atom is -0.338 e. The van der Waals surface area contributed by atoms with E-state index in [1.807, 2.05) is 71.6 Å². The molecule has 0 unspecified atom stereocenters. The summed E-state index contributed by atoms with van der Waals surface area (Å²) in [5.74, 6) is 0.165. The average Bonchev–Trinajstić information content (AvgIpc) is 3.36. The number of benzene rings is 3. The van der Waals surface area contributed by atoms with E-state index in [-0.39, 0.29) is 17.6 Å². The summed E-state index contributed by atoms with van der Waals surface area (Å²) < 4.78 is 16.1. The molecule has 1 saturated heterocycles. The lowest BCUT2D eigenvalue weighted by Crippen LogP contribution is -2.50. The molecule has 0 spiro atoms. The largest absolute Gasteiger partial charge is 0.338 e. The number of carbonyl (C=O) groups is 1. The van der Waals surface area contributed by atoms with Crippen molar-refractivity contribution >= 4 is 11.9 Å². The number of nitrogens with zero attached hydrogens (tertiary/aromatic N) is 4. The molecule has 0 aliphatic carbocycles. The minimum absolute atomic E-state index is 0.101. The molecule has 1 aromatic heterocycles. The lowest BCUT2D eigenvalue weighted by molar-refractivity contribution is -0.132. The summed E-state index contributed by atoms with van der Waals surface area (Å²) in [6.07, 6.45) is 3.45. The summed E-state index contributed by atoms with van der Waals surface area (Å²) >= 11 is 0. The molecule has 0 bridgehead atoms. The first-order valence-corrected chi connectivity index (χ1v) is 11.1. The molecule has 4 aromatic rings. The number of rotatable bonds is 5. The molecule has 1 aliphatic rings. The van der Waals surface area contributed by atoms with Crippen LogP contribution in [0, 0.1) is 5.82 Å². The molecule has 33 heavy (non-hydrogen) atoms. The van der Waals surface area contributed by atoms with Gasteiger partial charge in [-0.1, -0.05) is 72.8 Å². The molecule has 166 valence electrons. The number of halogens is 1. The van der Waals surface area contributed by atoms with Gasteiger partial charge in [0.05, 0.1) is 11.6 Å². The van der Waals surface area contributed by atoms with E-state index >= 15 is 0 Å². The quantitative estimate of drug-likeness (QED) is 0.459. The van der Waals surface area contributed by atoms with Crippen LogP contribution < -0.4 is 4.90 Å². The predicted molar refractivity (Wildman–Crippen MR) is 127 cm³/mol. The second-order valence-corrected chi connectivity index (χ2v) is 8.12. The van der Waals surface area contributed by atoms with Crippen LogP contribution in [0.25, 0.3) is 5.69 Å². The van der Waals surface area contributed by atoms with Crippen molar-refractivity contribution in [3.8, 4) is 5.69 Å². The SMILES string of the molecule is O=C(C(c1ccccc1)c1ccccc1)N1CCN(c2nccn2-c2ccccc2F)CC1. The summed E-state index contributed by atoms with van der Waals surface area (Å²) in [5, 5.41) is 0. The number of amides is 1. The van der Waals surface area contributed by atoms with Crippen molar-refractivity contribution in [2.75, 3.05) is 31.1 Å². The molecule has 0 N–H and O–H groups in total. The number of carbonyl (C=O) groups excluding carboxylic acids is 1. The third-order valence-corrected chi connectivity index (χ3v) is 6.12. The minimum atomic E-state index is -0.334. The lowest BCUT2D eigenvalue weighted by Gasteiger charge is -2.37. The first-order valence-electron chi connectivity index (χ1n) is 11.1. The van der Waals surface area contributed by atoms with Crippen molar-refractivity contribution in [3.63, 3.8) is 0 Å². The van der Waals surface area contributed by atoms with Gasteiger partial charge < -0.3 is 9.80 Å². The fourth-order valence-corrected chi connectivity index (χ4v) is 4.44. The standard InChI is InChI=1S/C27H25FN4O/c28-23-13-7-8-14-24(23)32-16-15-29-27(32)31-19-17-30(18-20-31)26(33)25(21-9-3-1-4-10-21)22-11-5-2-6-12-22/h1-16,25H,17-20H2. The van der Waals surface area contributed by atoms with E-state index in [0.29, 0.717) is 37.8 Å². The first kappa shape index (κ1) is 20.9. The van der Waals surface area contributed by atoms with E-state index in [1.165, 1.54) is 6.07 Å². The van der Waals surface area contributed by atoms with Crippen molar-refractivity contribution < 1.29 is 9.18 Å². The molecule has 1 aliphatic heterocycles. The Morgan fingerprint density at radius 3 is 1.97 bits per heavy atom. The number of aromatic nitrogens is 2. The van der Waals surface area contributed by atoms with E-state index in [2.05, 4.69) is 9.88 Å². The third-order valence-electron chi connectivity index (χ3n) is 6.12. The van der Waals surface area contributed by atoms with Crippen LogP contribution in [-0.4, -0.2) is 46.5 Å². The van der Waals surface area contributed by atoms with Crippen molar-refractivity contribution in [2.45, 2.75) is 5.92 Å². The summed E-state index contributed by atoms with van der Waals surface area (Å²) in [6.45, 7) is 2.43. The van der Waals surface area contributed by atoms with Crippen LogP contribution in [-0.2, 0) is 4.79 Å². The second-order valence-electron chi connectivity index (χ2n) is 8.12. The van der Waals surface area contributed by atoms with Gasteiger partial charge in [0.15, 0.2) is 0 Å². The number of hydrogen-bond acceptors (Lipinski definition) is 3. The average molecular weight is 441 g/mol. The molecule has 3 aromatic carbocycles. The van der Waals surface area contributed by atoms with Gasteiger partial charge in [-0.05, 0) is 23.3 Å². The molecular weight excluding hydrogens is 415 g/mol. The van der Waals surface area contributed by atoms with Crippen LogP contribution in [0.2, 0.25) is 0 Å². The number of piperazine rings is 1. The van der Waals surface area contributed by atoms with Gasteiger partial charge in [0, 0.05) is 38.6 Å². The second kappa shape index (κ2) is 9.28. The van der Waals surface area contributed by atoms with Crippen LogP contribution in [0.1, 0.15) is 17.0 Å². The lowest BCUT2D eigenvalue weighted by atomic mass is 9.90. The topological polar surface area (TPSA) is 41.4 Å². The molecule has 2 heterocycles. The Balaban J connectivity index is 1.35. The zero-order valence-electron chi connectivity index (χ0n) is 18.2. The monoisotopic (exact) mass is 440 g/mol. The van der Waals surface area contributed by atoms with Crippen LogP contribution in [0.15, 0.2) is 97.3 Å². The molecule has 6 heteroatoms. The highest BCUT2D eigenvalue weighted by Gasteiger charge is 2.30. The van der Waals surface area contributed by atoms with Crippen LogP contribution >= 0.6 is 0 Å². The Labute approximate surface area is 192 Å². The molecular formula is C27H25FN4O. The zero-order chi connectivity index (χ0) is 22.6. The summed E-state index contributed by atoms with van der Waals surface area (Å²) in [4.78, 5) is 22.2. The maximum atomic E-state index is 14.4. The van der Waals surface area contributed by atoms with E-state index in [0.717, 1.165) is 11.1 Å². The molecule has 5 rings (SSSR count). The van der Waals surface area contributed by atoms with Crippen LogP contribution in [0.5, 0.6) is 0 Å². The normalized spacial score (nSPS) is 14.0. The highest BCUT2D eigenvalue weighted by molar-refractivity contribution is 5.87. The van der Waals surface area contributed by atoms with E-state index < -0.39 is 0 Å². The Bertz CT molecular complexity index is 1180. The molecule has 1 fully saturated rings. The van der Waals surface area contributed by atoms with Gasteiger partial charge in [-0.2, -0.15) is 0 Å².